The van der Waals surface area contributed by atoms with Gasteiger partial charge in [-0.1, -0.05) is 26.0 Å². The minimum absolute atomic E-state index is 0.127. The number of nitrogens with one attached hydrogen (secondary N) is 2. The summed E-state index contributed by atoms with van der Waals surface area (Å²) in [5.41, 5.74) is 0.563. The second-order valence-corrected chi connectivity index (χ2v) is 7.56. The molecule has 2 aromatic rings. The largest absolute Gasteiger partial charge is 0.462 e. The van der Waals surface area contributed by atoms with Crippen LogP contribution < -0.4 is 10.6 Å². The van der Waals surface area contributed by atoms with E-state index in [9.17, 15) is 18.8 Å². The van der Waals surface area contributed by atoms with Crippen molar-refractivity contribution in [1.82, 2.24) is 5.32 Å². The maximum atomic E-state index is 13.8. The fourth-order valence-electron chi connectivity index (χ4n) is 2.54. The van der Waals surface area contributed by atoms with Crippen molar-refractivity contribution >= 4 is 34.1 Å². The molecular formula is C20H23FN2O4S. The van der Waals surface area contributed by atoms with Crippen molar-refractivity contribution in [1.29, 1.82) is 0 Å². The van der Waals surface area contributed by atoms with Gasteiger partial charge in [0.15, 0.2) is 0 Å². The first-order valence-corrected chi connectivity index (χ1v) is 9.70. The Morgan fingerprint density at radius 1 is 1.21 bits per heavy atom. The number of rotatable bonds is 7. The minimum atomic E-state index is -0.874. The number of anilines is 1. The lowest BCUT2D eigenvalue weighted by Gasteiger charge is -2.21. The highest BCUT2D eigenvalue weighted by Crippen LogP contribution is 2.27. The Hall–Kier alpha value is -2.74. The van der Waals surface area contributed by atoms with Gasteiger partial charge in [-0.3, -0.25) is 9.59 Å². The number of ether oxygens (including phenoxy) is 1. The van der Waals surface area contributed by atoms with Crippen LogP contribution in [0.2, 0.25) is 0 Å². The molecule has 2 rings (SSSR count). The first kappa shape index (κ1) is 21.6. The summed E-state index contributed by atoms with van der Waals surface area (Å²) in [4.78, 5) is 37.4. The highest BCUT2D eigenvalue weighted by atomic mass is 32.1. The summed E-state index contributed by atoms with van der Waals surface area (Å²) in [5.74, 6) is -2.45. The normalized spacial score (nSPS) is 11.8. The minimum Gasteiger partial charge on any atom is -0.462 e. The third kappa shape index (κ3) is 5.16. The molecule has 0 spiro atoms. The van der Waals surface area contributed by atoms with Gasteiger partial charge in [0.25, 0.3) is 5.91 Å². The summed E-state index contributed by atoms with van der Waals surface area (Å²) in [6.07, 6.45) is 0. The molecule has 0 radical (unpaired) electrons. The van der Waals surface area contributed by atoms with E-state index in [2.05, 4.69) is 10.6 Å². The van der Waals surface area contributed by atoms with Crippen molar-refractivity contribution in [3.63, 3.8) is 0 Å². The van der Waals surface area contributed by atoms with Gasteiger partial charge >= 0.3 is 5.97 Å². The van der Waals surface area contributed by atoms with E-state index in [0.29, 0.717) is 15.4 Å². The molecule has 1 atom stereocenters. The fraction of sp³-hybridized carbons (Fsp3) is 0.350. The zero-order valence-electron chi connectivity index (χ0n) is 16.2. The number of halogens is 1. The number of benzene rings is 1. The van der Waals surface area contributed by atoms with E-state index in [1.54, 1.807) is 39.8 Å². The van der Waals surface area contributed by atoms with Crippen molar-refractivity contribution in [3.8, 4) is 0 Å². The Labute approximate surface area is 167 Å². The van der Waals surface area contributed by atoms with Crippen LogP contribution in [0.1, 0.15) is 46.4 Å². The molecule has 150 valence electrons. The Bertz CT molecular complexity index is 879. The zero-order chi connectivity index (χ0) is 20.8. The van der Waals surface area contributed by atoms with E-state index in [0.717, 1.165) is 11.3 Å². The third-order valence-electron chi connectivity index (χ3n) is 3.98. The van der Waals surface area contributed by atoms with Crippen LogP contribution >= 0.6 is 11.3 Å². The van der Waals surface area contributed by atoms with Gasteiger partial charge in [-0.05, 0) is 43.5 Å². The molecule has 1 heterocycles. The quantitative estimate of drug-likeness (QED) is 0.686. The van der Waals surface area contributed by atoms with Crippen molar-refractivity contribution in [2.45, 2.75) is 33.7 Å². The average Bonchev–Trinajstić information content (AvgIpc) is 2.99. The molecular weight excluding hydrogens is 383 g/mol. The molecule has 1 unspecified atom stereocenters. The van der Waals surface area contributed by atoms with E-state index < -0.39 is 29.6 Å². The molecule has 0 bridgehead atoms. The van der Waals surface area contributed by atoms with Gasteiger partial charge in [-0.2, -0.15) is 0 Å². The number of carbonyl (C=O) groups excluding carboxylic acids is 3. The number of carbonyl (C=O) groups is 3. The van der Waals surface area contributed by atoms with Gasteiger partial charge in [0.05, 0.1) is 17.2 Å². The summed E-state index contributed by atoms with van der Waals surface area (Å²) in [7, 11) is 0. The predicted molar refractivity (Wildman–Crippen MR) is 106 cm³/mol. The van der Waals surface area contributed by atoms with Crippen LogP contribution in [0.4, 0.5) is 9.39 Å². The maximum absolute atomic E-state index is 13.8. The summed E-state index contributed by atoms with van der Waals surface area (Å²) >= 11 is 1.10. The van der Waals surface area contributed by atoms with Gasteiger partial charge in [0.1, 0.15) is 16.7 Å². The van der Waals surface area contributed by atoms with Crippen LogP contribution in [0, 0.1) is 18.7 Å². The zero-order valence-corrected chi connectivity index (χ0v) is 17.0. The Morgan fingerprint density at radius 2 is 1.89 bits per heavy atom. The van der Waals surface area contributed by atoms with E-state index in [4.69, 9.17) is 4.74 Å². The Balaban J connectivity index is 2.13. The predicted octanol–water partition coefficient (Wildman–Crippen LogP) is 3.77. The molecule has 0 saturated heterocycles. The second-order valence-electron chi connectivity index (χ2n) is 6.51. The molecule has 2 amide bonds. The van der Waals surface area contributed by atoms with E-state index in [1.165, 1.54) is 18.2 Å². The number of esters is 1. The lowest BCUT2D eigenvalue weighted by Crippen LogP contribution is -2.47. The van der Waals surface area contributed by atoms with Crippen LogP contribution in [0.5, 0.6) is 0 Å². The van der Waals surface area contributed by atoms with E-state index in [-0.39, 0.29) is 18.1 Å². The van der Waals surface area contributed by atoms with Crippen LogP contribution in [-0.2, 0) is 9.53 Å². The number of thiophene rings is 1. The number of hydrogen-bond acceptors (Lipinski definition) is 5. The fourth-order valence-corrected chi connectivity index (χ4v) is 3.51. The molecule has 0 aliphatic rings. The van der Waals surface area contributed by atoms with Crippen LogP contribution in [0.3, 0.4) is 0 Å². The molecule has 8 heteroatoms. The highest BCUT2D eigenvalue weighted by Gasteiger charge is 2.26. The monoisotopic (exact) mass is 406 g/mol. The van der Waals surface area contributed by atoms with Gasteiger partial charge in [0.2, 0.25) is 5.91 Å². The highest BCUT2D eigenvalue weighted by molar-refractivity contribution is 7.18. The lowest BCUT2D eigenvalue weighted by molar-refractivity contribution is -0.118. The van der Waals surface area contributed by atoms with Crippen molar-refractivity contribution in [3.05, 3.63) is 52.2 Å². The number of aryl methyl sites for hydroxylation is 1. The Kier molecular flexibility index (Phi) is 7.28. The average molecular weight is 406 g/mol. The summed E-state index contributed by atoms with van der Waals surface area (Å²) in [5, 5.41) is 5.77. The van der Waals surface area contributed by atoms with Gasteiger partial charge < -0.3 is 15.4 Å². The number of hydrogen-bond donors (Lipinski definition) is 2. The molecule has 1 aromatic carbocycles. The van der Waals surface area contributed by atoms with Gasteiger partial charge in [-0.25, -0.2) is 9.18 Å². The first-order valence-electron chi connectivity index (χ1n) is 8.88. The summed E-state index contributed by atoms with van der Waals surface area (Å²) in [6.45, 7) is 7.27. The van der Waals surface area contributed by atoms with Crippen LogP contribution in [-0.4, -0.2) is 30.4 Å². The van der Waals surface area contributed by atoms with Gasteiger partial charge in [-0.15, -0.1) is 11.3 Å². The number of amides is 2. The molecule has 0 aliphatic heterocycles. The second kappa shape index (κ2) is 9.45. The SMILES string of the molecule is CCOC(=O)c1sc(NC(=O)C(NC(=O)c2ccccc2F)C(C)C)cc1C. The summed E-state index contributed by atoms with van der Waals surface area (Å²) < 4.78 is 18.8. The molecule has 6 nitrogen and oxygen atoms in total. The van der Waals surface area contributed by atoms with Gasteiger partial charge in [0, 0.05) is 0 Å². The van der Waals surface area contributed by atoms with Crippen molar-refractivity contribution < 1.29 is 23.5 Å². The lowest BCUT2D eigenvalue weighted by atomic mass is 10.0. The van der Waals surface area contributed by atoms with Crippen LogP contribution in [0.25, 0.3) is 0 Å². The molecule has 2 N–H and O–H groups in total. The summed E-state index contributed by atoms with van der Waals surface area (Å²) in [6, 6.07) is 6.37. The van der Waals surface area contributed by atoms with E-state index in [1.807, 2.05) is 0 Å². The van der Waals surface area contributed by atoms with Crippen LogP contribution in [0.15, 0.2) is 30.3 Å². The Morgan fingerprint density at radius 3 is 2.50 bits per heavy atom. The first-order chi connectivity index (χ1) is 13.2. The standard InChI is InChI=1S/C20H23FN2O4S/c1-5-27-20(26)17-12(4)10-15(28-17)22-19(25)16(11(2)3)23-18(24)13-8-6-7-9-14(13)21/h6-11,16H,5H2,1-4H3,(H,22,25)(H,23,24). The molecule has 28 heavy (non-hydrogen) atoms. The molecule has 0 saturated carbocycles. The molecule has 1 aromatic heterocycles. The van der Waals surface area contributed by atoms with Crippen molar-refractivity contribution in [2.75, 3.05) is 11.9 Å². The topological polar surface area (TPSA) is 84.5 Å². The smallest absolute Gasteiger partial charge is 0.348 e. The van der Waals surface area contributed by atoms with E-state index >= 15 is 0 Å². The maximum Gasteiger partial charge on any atom is 0.348 e. The third-order valence-corrected chi connectivity index (χ3v) is 5.11. The van der Waals surface area contributed by atoms with Crippen molar-refractivity contribution in [2.24, 2.45) is 5.92 Å². The molecule has 0 fully saturated rings. The molecule has 0 aliphatic carbocycles.